The molecule has 0 aliphatic rings. The highest BCUT2D eigenvalue weighted by molar-refractivity contribution is 6.31. The number of benzene rings is 1. The first-order chi connectivity index (χ1) is 7.50. The molecule has 0 bridgehead atoms. The second-order valence-electron chi connectivity index (χ2n) is 3.47. The lowest BCUT2D eigenvalue weighted by Gasteiger charge is -2.08. The molecule has 2 aromatic rings. The predicted octanol–water partition coefficient (Wildman–Crippen LogP) is 2.48. The monoisotopic (exact) mass is 236 g/mol. The second-order valence-corrected chi connectivity index (χ2v) is 3.90. The number of anilines is 1. The summed E-state index contributed by atoms with van der Waals surface area (Å²) in [4.78, 5) is 14.9. The number of hydrogen-bond donors (Lipinski definition) is 2. The molecular weight excluding hydrogens is 228 g/mol. The molecule has 82 valence electrons. The Bertz CT molecular complexity index is 596. The molecule has 5 heteroatoms. The quantitative estimate of drug-likeness (QED) is 0.798. The van der Waals surface area contributed by atoms with E-state index in [-0.39, 0.29) is 11.4 Å². The van der Waals surface area contributed by atoms with Gasteiger partial charge in [0.1, 0.15) is 0 Å². The van der Waals surface area contributed by atoms with E-state index in [0.29, 0.717) is 16.1 Å². The number of nitrogens with two attached hydrogens (primary N) is 1. The molecule has 0 saturated carbocycles. The Labute approximate surface area is 96.7 Å². The number of aryl methyl sites for hydroxylation is 1. The molecule has 16 heavy (non-hydrogen) atoms. The highest BCUT2D eigenvalue weighted by Crippen LogP contribution is 2.27. The van der Waals surface area contributed by atoms with Crippen LogP contribution in [0.1, 0.15) is 16.1 Å². The van der Waals surface area contributed by atoms with Gasteiger partial charge in [0.25, 0.3) is 0 Å². The van der Waals surface area contributed by atoms with Crippen LogP contribution in [0.25, 0.3) is 10.9 Å². The summed E-state index contributed by atoms with van der Waals surface area (Å²) in [5, 5.41) is 10.3. The summed E-state index contributed by atoms with van der Waals surface area (Å²) in [6.45, 7) is 1.75. The van der Waals surface area contributed by atoms with Gasteiger partial charge in [-0.25, -0.2) is 9.78 Å². The predicted molar refractivity (Wildman–Crippen MR) is 62.9 cm³/mol. The minimum absolute atomic E-state index is 0.118. The lowest BCUT2D eigenvalue weighted by molar-refractivity contribution is 0.0692. The number of aromatic carboxylic acids is 1. The molecule has 0 spiro atoms. The zero-order chi connectivity index (χ0) is 11.9. The van der Waals surface area contributed by atoms with Crippen LogP contribution in [0.4, 0.5) is 5.69 Å². The molecule has 0 atom stereocenters. The SMILES string of the molecule is Cc1c(N)c(C(=O)O)nc2ccc(Cl)cc12. The number of nitrogens with zero attached hydrogens (tertiary/aromatic N) is 1. The van der Waals surface area contributed by atoms with Crippen molar-refractivity contribution in [1.82, 2.24) is 4.98 Å². The Kier molecular flexibility index (Phi) is 2.44. The van der Waals surface area contributed by atoms with Gasteiger partial charge in [-0.2, -0.15) is 0 Å². The number of halogens is 1. The average molecular weight is 237 g/mol. The molecule has 1 heterocycles. The Morgan fingerprint density at radius 2 is 2.19 bits per heavy atom. The van der Waals surface area contributed by atoms with Crippen LogP contribution < -0.4 is 5.73 Å². The summed E-state index contributed by atoms with van der Waals surface area (Å²) in [6.07, 6.45) is 0. The molecule has 0 unspecified atom stereocenters. The molecule has 4 nitrogen and oxygen atoms in total. The molecule has 0 aliphatic carbocycles. The van der Waals surface area contributed by atoms with Crippen LogP contribution in [0.15, 0.2) is 18.2 Å². The number of fused-ring (bicyclic) bond motifs is 1. The van der Waals surface area contributed by atoms with Crippen molar-refractivity contribution in [2.24, 2.45) is 0 Å². The van der Waals surface area contributed by atoms with Crippen LogP contribution in [0.2, 0.25) is 5.02 Å². The van der Waals surface area contributed by atoms with Gasteiger partial charge < -0.3 is 10.8 Å². The number of rotatable bonds is 1. The Balaban J connectivity index is 2.88. The minimum Gasteiger partial charge on any atom is -0.476 e. The lowest BCUT2D eigenvalue weighted by Crippen LogP contribution is -2.07. The van der Waals surface area contributed by atoms with Crippen LogP contribution >= 0.6 is 11.6 Å². The van der Waals surface area contributed by atoms with Crippen molar-refractivity contribution >= 4 is 34.2 Å². The summed E-state index contributed by atoms with van der Waals surface area (Å²) in [5.74, 6) is -1.13. The Hall–Kier alpha value is -1.81. The van der Waals surface area contributed by atoms with E-state index in [1.807, 2.05) is 0 Å². The molecule has 1 aromatic carbocycles. The number of aromatic nitrogens is 1. The first-order valence-electron chi connectivity index (χ1n) is 4.59. The van der Waals surface area contributed by atoms with Crippen molar-refractivity contribution in [3.05, 3.63) is 34.5 Å². The maximum Gasteiger partial charge on any atom is 0.356 e. The maximum atomic E-state index is 10.9. The van der Waals surface area contributed by atoms with E-state index in [4.69, 9.17) is 22.4 Å². The van der Waals surface area contributed by atoms with Crippen LogP contribution in [-0.2, 0) is 0 Å². The fourth-order valence-corrected chi connectivity index (χ4v) is 1.74. The second kappa shape index (κ2) is 3.64. The van der Waals surface area contributed by atoms with Gasteiger partial charge in [-0.1, -0.05) is 11.6 Å². The lowest BCUT2D eigenvalue weighted by atomic mass is 10.1. The number of nitrogen functional groups attached to an aromatic ring is 1. The molecular formula is C11H9ClN2O2. The Morgan fingerprint density at radius 1 is 1.50 bits per heavy atom. The third-order valence-corrected chi connectivity index (χ3v) is 2.69. The van der Waals surface area contributed by atoms with Gasteiger partial charge in [-0.15, -0.1) is 0 Å². The van der Waals surface area contributed by atoms with Gasteiger partial charge in [-0.3, -0.25) is 0 Å². The zero-order valence-corrected chi connectivity index (χ0v) is 9.25. The van der Waals surface area contributed by atoms with E-state index in [9.17, 15) is 4.79 Å². The third-order valence-electron chi connectivity index (χ3n) is 2.46. The standard InChI is InChI=1S/C11H9ClN2O2/c1-5-7-4-6(12)2-3-8(7)14-10(9(5)13)11(15)16/h2-4H,13H2,1H3,(H,15,16). The number of carboxylic acid groups (broad SMARTS) is 1. The first kappa shape index (κ1) is 10.7. The smallest absolute Gasteiger partial charge is 0.356 e. The van der Waals surface area contributed by atoms with E-state index < -0.39 is 5.97 Å². The third kappa shape index (κ3) is 1.57. The molecule has 0 fully saturated rings. The van der Waals surface area contributed by atoms with Crippen molar-refractivity contribution in [3.8, 4) is 0 Å². The molecule has 0 saturated heterocycles. The summed E-state index contributed by atoms with van der Waals surface area (Å²) >= 11 is 5.86. The number of pyridine rings is 1. The van der Waals surface area contributed by atoms with Crippen molar-refractivity contribution in [2.45, 2.75) is 6.92 Å². The van der Waals surface area contributed by atoms with Gasteiger partial charge in [0.05, 0.1) is 11.2 Å². The average Bonchev–Trinajstić information content (AvgIpc) is 2.23. The highest BCUT2D eigenvalue weighted by atomic mass is 35.5. The van der Waals surface area contributed by atoms with Crippen molar-refractivity contribution in [3.63, 3.8) is 0 Å². The Morgan fingerprint density at radius 3 is 2.81 bits per heavy atom. The molecule has 0 amide bonds. The van der Waals surface area contributed by atoms with Gasteiger partial charge in [-0.05, 0) is 30.7 Å². The van der Waals surface area contributed by atoms with Crippen molar-refractivity contribution in [2.75, 3.05) is 5.73 Å². The molecule has 3 N–H and O–H groups in total. The van der Waals surface area contributed by atoms with Gasteiger partial charge in [0.15, 0.2) is 5.69 Å². The molecule has 0 aliphatic heterocycles. The van der Waals surface area contributed by atoms with Gasteiger partial charge in [0, 0.05) is 10.4 Å². The topological polar surface area (TPSA) is 76.2 Å². The van der Waals surface area contributed by atoms with E-state index in [1.165, 1.54) is 0 Å². The maximum absolute atomic E-state index is 10.9. The van der Waals surface area contributed by atoms with E-state index in [0.717, 1.165) is 5.39 Å². The summed E-state index contributed by atoms with van der Waals surface area (Å²) < 4.78 is 0. The van der Waals surface area contributed by atoms with Crippen LogP contribution in [-0.4, -0.2) is 16.1 Å². The minimum atomic E-state index is -1.13. The van der Waals surface area contributed by atoms with Gasteiger partial charge in [0.2, 0.25) is 0 Å². The number of carbonyl (C=O) groups is 1. The van der Waals surface area contributed by atoms with Crippen molar-refractivity contribution in [1.29, 1.82) is 0 Å². The molecule has 0 radical (unpaired) electrons. The van der Waals surface area contributed by atoms with E-state index >= 15 is 0 Å². The number of carboxylic acids is 1. The van der Waals surface area contributed by atoms with Gasteiger partial charge >= 0.3 is 5.97 Å². The fraction of sp³-hybridized carbons (Fsp3) is 0.0909. The fourth-order valence-electron chi connectivity index (χ4n) is 1.57. The number of hydrogen-bond acceptors (Lipinski definition) is 3. The van der Waals surface area contributed by atoms with Crippen LogP contribution in [0.3, 0.4) is 0 Å². The molecule has 2 rings (SSSR count). The van der Waals surface area contributed by atoms with E-state index in [2.05, 4.69) is 4.98 Å². The normalized spacial score (nSPS) is 10.6. The summed E-state index contributed by atoms with van der Waals surface area (Å²) in [6, 6.07) is 5.07. The van der Waals surface area contributed by atoms with Crippen LogP contribution in [0.5, 0.6) is 0 Å². The van der Waals surface area contributed by atoms with Crippen LogP contribution in [0, 0.1) is 6.92 Å². The first-order valence-corrected chi connectivity index (χ1v) is 4.97. The van der Waals surface area contributed by atoms with Crippen molar-refractivity contribution < 1.29 is 9.90 Å². The summed E-state index contributed by atoms with van der Waals surface area (Å²) in [5.41, 5.74) is 7.04. The summed E-state index contributed by atoms with van der Waals surface area (Å²) in [7, 11) is 0. The highest BCUT2D eigenvalue weighted by Gasteiger charge is 2.14. The largest absolute Gasteiger partial charge is 0.476 e. The molecule has 1 aromatic heterocycles. The zero-order valence-electron chi connectivity index (χ0n) is 8.49. The van der Waals surface area contributed by atoms with E-state index in [1.54, 1.807) is 25.1 Å².